The Labute approximate surface area is 149 Å². The van der Waals surface area contributed by atoms with Crippen LogP contribution in [0.15, 0.2) is 59.5 Å². The van der Waals surface area contributed by atoms with Crippen LogP contribution in [0.25, 0.3) is 16.6 Å². The third kappa shape index (κ3) is 2.83. The number of hydrogen-bond donors (Lipinski definition) is 0. The number of pyridine rings is 1. The lowest BCUT2D eigenvalue weighted by atomic mass is 10.1. The predicted molar refractivity (Wildman–Crippen MR) is 97.4 cm³/mol. The van der Waals surface area contributed by atoms with Crippen molar-refractivity contribution in [1.82, 2.24) is 24.8 Å². The van der Waals surface area contributed by atoms with Crippen LogP contribution < -0.4 is 10.4 Å². The second-order valence-corrected chi connectivity index (χ2v) is 6.02. The molecule has 7 heteroatoms. The monoisotopic (exact) mass is 347 g/mol. The van der Waals surface area contributed by atoms with Crippen molar-refractivity contribution in [1.29, 1.82) is 0 Å². The molecule has 7 nitrogen and oxygen atoms in total. The summed E-state index contributed by atoms with van der Waals surface area (Å²) in [5.41, 5.74) is 3.20. The Balaban J connectivity index is 1.67. The smallest absolute Gasteiger partial charge is 0.368 e. The number of tetrazole rings is 1. The molecule has 130 valence electrons. The fourth-order valence-corrected chi connectivity index (χ4v) is 2.84. The first-order valence-corrected chi connectivity index (χ1v) is 8.19. The van der Waals surface area contributed by atoms with Gasteiger partial charge in [-0.15, -0.1) is 0 Å². The van der Waals surface area contributed by atoms with E-state index in [1.807, 2.05) is 55.5 Å². The van der Waals surface area contributed by atoms with Gasteiger partial charge in [0.1, 0.15) is 12.4 Å². The van der Waals surface area contributed by atoms with Gasteiger partial charge in [-0.2, -0.15) is 9.36 Å². The van der Waals surface area contributed by atoms with E-state index in [-0.39, 0.29) is 5.69 Å². The van der Waals surface area contributed by atoms with E-state index in [0.717, 1.165) is 27.8 Å². The SMILES string of the molecule is Cc1cccc(-n2nnn(C)c2=O)c1COc1ccc2ncccc2c1. The third-order valence-corrected chi connectivity index (χ3v) is 4.29. The average molecular weight is 347 g/mol. The molecule has 2 heterocycles. The molecule has 0 saturated carbocycles. The van der Waals surface area contributed by atoms with E-state index in [1.54, 1.807) is 13.2 Å². The summed E-state index contributed by atoms with van der Waals surface area (Å²) in [6.45, 7) is 2.30. The van der Waals surface area contributed by atoms with Crippen molar-refractivity contribution in [3.05, 3.63) is 76.3 Å². The minimum atomic E-state index is -0.298. The van der Waals surface area contributed by atoms with Gasteiger partial charge in [0.2, 0.25) is 0 Å². The Hall–Kier alpha value is -3.48. The van der Waals surface area contributed by atoms with Gasteiger partial charge in [0.05, 0.1) is 11.2 Å². The number of aryl methyl sites for hydroxylation is 2. The van der Waals surface area contributed by atoms with E-state index in [9.17, 15) is 4.79 Å². The standard InChI is InChI=1S/C19H17N5O2/c1-13-5-3-7-18(24-19(25)23(2)21-22-24)16(13)12-26-15-8-9-17-14(11-15)6-4-10-20-17/h3-11H,12H2,1-2H3. The fourth-order valence-electron chi connectivity index (χ4n) is 2.84. The largest absolute Gasteiger partial charge is 0.489 e. The molecule has 0 amide bonds. The van der Waals surface area contributed by atoms with Gasteiger partial charge < -0.3 is 4.74 Å². The molecule has 0 spiro atoms. The number of aromatic nitrogens is 5. The number of rotatable bonds is 4. The number of fused-ring (bicyclic) bond motifs is 1. The Bertz CT molecular complexity index is 1150. The highest BCUT2D eigenvalue weighted by Crippen LogP contribution is 2.23. The van der Waals surface area contributed by atoms with Crippen LogP contribution in [0, 0.1) is 6.92 Å². The quantitative estimate of drug-likeness (QED) is 0.567. The molecule has 0 fully saturated rings. The lowest BCUT2D eigenvalue weighted by Crippen LogP contribution is -2.23. The Morgan fingerprint density at radius 3 is 2.77 bits per heavy atom. The highest BCUT2D eigenvalue weighted by atomic mass is 16.5. The molecule has 0 saturated heterocycles. The van der Waals surface area contributed by atoms with Crippen molar-refractivity contribution in [3.8, 4) is 11.4 Å². The summed E-state index contributed by atoms with van der Waals surface area (Å²) in [7, 11) is 1.57. The molecule has 4 rings (SSSR count). The topological polar surface area (TPSA) is 74.8 Å². The molecule has 0 unspecified atom stereocenters. The van der Waals surface area contributed by atoms with Crippen molar-refractivity contribution in [2.75, 3.05) is 0 Å². The van der Waals surface area contributed by atoms with Crippen molar-refractivity contribution in [2.24, 2.45) is 7.05 Å². The number of ether oxygens (including phenoxy) is 1. The lowest BCUT2D eigenvalue weighted by molar-refractivity contribution is 0.305. The maximum Gasteiger partial charge on any atom is 0.368 e. The zero-order valence-electron chi connectivity index (χ0n) is 14.5. The van der Waals surface area contributed by atoms with Gasteiger partial charge in [-0.3, -0.25) is 4.98 Å². The van der Waals surface area contributed by atoms with Crippen molar-refractivity contribution < 1.29 is 4.74 Å². The first kappa shape index (κ1) is 16.0. The van der Waals surface area contributed by atoms with Crippen LogP contribution in [0.4, 0.5) is 0 Å². The van der Waals surface area contributed by atoms with E-state index in [2.05, 4.69) is 15.4 Å². The molecule has 2 aromatic heterocycles. The van der Waals surface area contributed by atoms with Crippen LogP contribution in [-0.2, 0) is 13.7 Å². The predicted octanol–water partition coefficient (Wildman–Crippen LogP) is 2.40. The Kier molecular flexibility index (Phi) is 3.96. The summed E-state index contributed by atoms with van der Waals surface area (Å²) < 4.78 is 8.48. The van der Waals surface area contributed by atoms with Gasteiger partial charge in [-0.1, -0.05) is 18.2 Å². The highest BCUT2D eigenvalue weighted by molar-refractivity contribution is 5.79. The average Bonchev–Trinajstić information content (AvgIpc) is 2.99. The Morgan fingerprint density at radius 1 is 1.08 bits per heavy atom. The summed E-state index contributed by atoms with van der Waals surface area (Å²) in [5.74, 6) is 0.742. The van der Waals surface area contributed by atoms with Crippen LogP contribution >= 0.6 is 0 Å². The van der Waals surface area contributed by atoms with Gasteiger partial charge in [-0.25, -0.2) is 4.79 Å². The zero-order valence-corrected chi connectivity index (χ0v) is 14.5. The zero-order chi connectivity index (χ0) is 18.1. The molecular formula is C19H17N5O2. The maximum atomic E-state index is 12.2. The van der Waals surface area contributed by atoms with Crippen LogP contribution in [0.2, 0.25) is 0 Å². The van der Waals surface area contributed by atoms with E-state index in [4.69, 9.17) is 4.74 Å². The van der Waals surface area contributed by atoms with E-state index >= 15 is 0 Å². The van der Waals surface area contributed by atoms with Crippen molar-refractivity contribution in [2.45, 2.75) is 13.5 Å². The van der Waals surface area contributed by atoms with Crippen LogP contribution in [0.5, 0.6) is 5.75 Å². The van der Waals surface area contributed by atoms with Gasteiger partial charge in [0, 0.05) is 24.2 Å². The highest BCUT2D eigenvalue weighted by Gasteiger charge is 2.13. The third-order valence-electron chi connectivity index (χ3n) is 4.29. The van der Waals surface area contributed by atoms with Crippen LogP contribution in [0.3, 0.4) is 0 Å². The fraction of sp³-hybridized carbons (Fsp3) is 0.158. The first-order chi connectivity index (χ1) is 12.6. The molecule has 0 aliphatic rings. The molecule has 0 radical (unpaired) electrons. The van der Waals surface area contributed by atoms with Gasteiger partial charge in [-0.05, 0) is 53.2 Å². The summed E-state index contributed by atoms with van der Waals surface area (Å²) in [5, 5.41) is 8.74. The van der Waals surface area contributed by atoms with Gasteiger partial charge >= 0.3 is 5.69 Å². The molecule has 4 aromatic rings. The second kappa shape index (κ2) is 6.44. The molecule has 2 aromatic carbocycles. The van der Waals surface area contributed by atoms with E-state index in [1.165, 1.54) is 9.36 Å². The lowest BCUT2D eigenvalue weighted by Gasteiger charge is -2.13. The van der Waals surface area contributed by atoms with Crippen LogP contribution in [0.1, 0.15) is 11.1 Å². The Morgan fingerprint density at radius 2 is 1.96 bits per heavy atom. The number of hydrogen-bond acceptors (Lipinski definition) is 5. The summed E-state index contributed by atoms with van der Waals surface area (Å²) in [6.07, 6.45) is 1.76. The van der Waals surface area contributed by atoms with E-state index < -0.39 is 0 Å². The van der Waals surface area contributed by atoms with Crippen molar-refractivity contribution >= 4 is 10.9 Å². The van der Waals surface area contributed by atoms with Crippen LogP contribution in [-0.4, -0.2) is 24.8 Å². The van der Waals surface area contributed by atoms with Crippen molar-refractivity contribution in [3.63, 3.8) is 0 Å². The molecule has 0 aliphatic carbocycles. The first-order valence-electron chi connectivity index (χ1n) is 8.19. The van der Waals surface area contributed by atoms with E-state index in [0.29, 0.717) is 12.3 Å². The number of nitrogens with zero attached hydrogens (tertiary/aromatic N) is 5. The summed E-state index contributed by atoms with van der Waals surface area (Å²) in [4.78, 5) is 16.5. The molecule has 26 heavy (non-hydrogen) atoms. The van der Waals surface area contributed by atoms with Gasteiger partial charge in [0.15, 0.2) is 0 Å². The normalized spacial score (nSPS) is 11.0. The summed E-state index contributed by atoms with van der Waals surface area (Å²) >= 11 is 0. The number of benzene rings is 2. The second-order valence-electron chi connectivity index (χ2n) is 6.02. The molecule has 0 atom stereocenters. The summed E-state index contributed by atoms with van der Waals surface area (Å²) in [6, 6.07) is 15.4. The maximum absolute atomic E-state index is 12.2. The van der Waals surface area contributed by atoms with Gasteiger partial charge in [0.25, 0.3) is 0 Å². The molecule has 0 bridgehead atoms. The molecule has 0 aliphatic heterocycles. The minimum Gasteiger partial charge on any atom is -0.489 e. The molecule has 0 N–H and O–H groups in total. The minimum absolute atomic E-state index is 0.298. The molecular weight excluding hydrogens is 330 g/mol.